The fraction of sp³-hybridized carbons (Fsp3) is 0.477. The van der Waals surface area contributed by atoms with Gasteiger partial charge in [0.15, 0.2) is 11.0 Å². The van der Waals surface area contributed by atoms with E-state index < -0.39 is 0 Å². The van der Waals surface area contributed by atoms with E-state index in [0.717, 1.165) is 63.5 Å². The number of thiol groups is 1. The lowest BCUT2D eigenvalue weighted by atomic mass is 9.92. The summed E-state index contributed by atoms with van der Waals surface area (Å²) >= 11 is 18.0. The Morgan fingerprint density at radius 1 is 0.850 bits per heavy atom. The lowest BCUT2D eigenvalue weighted by Crippen LogP contribution is -2.17. The summed E-state index contributed by atoms with van der Waals surface area (Å²) in [7, 11) is 0. The third-order valence-corrected chi connectivity index (χ3v) is 12.3. The van der Waals surface area contributed by atoms with Gasteiger partial charge >= 0.3 is 5.97 Å². The standard InChI is InChI=1S/C27H37N5O2S.C17H19Cl2N5S/c1-6-34-24(33)18-35-26-29-28-25(32(26)21-13-8-7-9-14-21)22-16-23(27(3,4)5)30-31(22)17-20-12-10-11-19(2)15-20;1-10-16(20-22-24(10)25)14-8-15(17(2,3)4)21-23(14)9-11-5-6-12(18)7-13(11)19/h10-12,15-16,21H,6-9,13-14,17-18H2,1-5H3;5-8,25H,9H2,1-4H3. The molecule has 0 spiro atoms. The first-order chi connectivity index (χ1) is 28.4. The highest BCUT2D eigenvalue weighted by Gasteiger charge is 2.29. The van der Waals surface area contributed by atoms with E-state index in [2.05, 4.69) is 127 Å². The van der Waals surface area contributed by atoms with Crippen LogP contribution in [0, 0.1) is 13.8 Å². The SMILES string of the molecule is CCOC(=O)CSc1nnc(-c2cc(C(C)(C)C)nn2Cc2cccc(C)c2)n1C1CCCCC1.Cc1c(-c2cc(C(C)(C)C)nn2Cc2ccc(Cl)cc2Cl)nnn1S. The third kappa shape index (κ3) is 11.0. The van der Waals surface area contributed by atoms with Crippen molar-refractivity contribution in [2.45, 2.75) is 130 Å². The second-order valence-electron chi connectivity index (χ2n) is 17.3. The molecule has 4 aromatic heterocycles. The number of thioether (sulfide) groups is 1. The van der Waals surface area contributed by atoms with Crippen LogP contribution in [0.25, 0.3) is 22.9 Å². The van der Waals surface area contributed by atoms with Crippen molar-refractivity contribution in [2.75, 3.05) is 12.4 Å². The normalized spacial score (nSPS) is 13.7. The molecule has 0 saturated heterocycles. The van der Waals surface area contributed by atoms with E-state index in [1.165, 1.54) is 46.2 Å². The minimum atomic E-state index is -0.225. The van der Waals surface area contributed by atoms with E-state index in [1.807, 2.05) is 30.7 Å². The van der Waals surface area contributed by atoms with Crippen molar-refractivity contribution in [3.05, 3.63) is 98.4 Å². The van der Waals surface area contributed by atoms with Crippen LogP contribution in [0.2, 0.25) is 10.0 Å². The van der Waals surface area contributed by atoms with Crippen LogP contribution in [0.3, 0.4) is 0 Å². The van der Waals surface area contributed by atoms with Gasteiger partial charge in [0.1, 0.15) is 11.4 Å². The molecule has 2 aromatic carbocycles. The maximum Gasteiger partial charge on any atom is 0.316 e. The number of carbonyl (C=O) groups is 1. The van der Waals surface area contributed by atoms with E-state index in [-0.39, 0.29) is 22.6 Å². The molecule has 12 nitrogen and oxygen atoms in total. The molecular weight excluding hydrogens is 836 g/mol. The van der Waals surface area contributed by atoms with Crippen molar-refractivity contribution >= 4 is 53.7 Å². The van der Waals surface area contributed by atoms with Gasteiger partial charge in [-0.3, -0.25) is 18.7 Å². The lowest BCUT2D eigenvalue weighted by molar-refractivity contribution is -0.139. The Kier molecular flexibility index (Phi) is 14.6. The lowest BCUT2D eigenvalue weighted by Gasteiger charge is -2.25. The molecule has 1 fully saturated rings. The fourth-order valence-corrected chi connectivity index (χ4v) is 8.48. The summed E-state index contributed by atoms with van der Waals surface area (Å²) < 4.78 is 12.8. The number of esters is 1. The van der Waals surface area contributed by atoms with Crippen molar-refractivity contribution in [3.63, 3.8) is 0 Å². The molecule has 60 heavy (non-hydrogen) atoms. The van der Waals surface area contributed by atoms with Crippen molar-refractivity contribution < 1.29 is 9.53 Å². The van der Waals surface area contributed by atoms with Crippen LogP contribution in [0.5, 0.6) is 0 Å². The minimum absolute atomic E-state index is 0.0886. The Morgan fingerprint density at radius 3 is 2.12 bits per heavy atom. The Balaban J connectivity index is 0.000000213. The van der Waals surface area contributed by atoms with Gasteiger partial charge in [-0.2, -0.15) is 14.3 Å². The monoisotopic (exact) mass is 890 g/mol. The van der Waals surface area contributed by atoms with Gasteiger partial charge in [-0.05, 0) is 81.8 Å². The van der Waals surface area contributed by atoms with Crippen LogP contribution in [0.15, 0.2) is 59.8 Å². The van der Waals surface area contributed by atoms with Gasteiger partial charge in [-0.1, -0.05) is 137 Å². The number of carbonyl (C=O) groups excluding carboxylic acids is 1. The summed E-state index contributed by atoms with van der Waals surface area (Å²) in [6.45, 7) is 20.3. The average molecular weight is 892 g/mol. The zero-order chi connectivity index (χ0) is 43.4. The Labute approximate surface area is 373 Å². The molecule has 0 amide bonds. The van der Waals surface area contributed by atoms with E-state index >= 15 is 0 Å². The summed E-state index contributed by atoms with van der Waals surface area (Å²) in [5.41, 5.74) is 8.65. The zero-order valence-electron chi connectivity index (χ0n) is 36.0. The van der Waals surface area contributed by atoms with Gasteiger partial charge in [-0.25, -0.2) is 0 Å². The van der Waals surface area contributed by atoms with Crippen LogP contribution in [-0.4, -0.2) is 67.1 Å². The second kappa shape index (κ2) is 19.3. The predicted molar refractivity (Wildman–Crippen MR) is 244 cm³/mol. The molecule has 1 aliphatic rings. The van der Waals surface area contributed by atoms with Crippen LogP contribution in [-0.2, 0) is 33.5 Å². The smallest absolute Gasteiger partial charge is 0.316 e. The number of rotatable bonds is 11. The molecule has 6 aromatic rings. The van der Waals surface area contributed by atoms with Gasteiger partial charge in [0, 0.05) is 26.9 Å². The van der Waals surface area contributed by atoms with Crippen LogP contribution >= 0.6 is 47.8 Å². The highest BCUT2D eigenvalue weighted by Crippen LogP contribution is 2.37. The third-order valence-electron chi connectivity index (χ3n) is 10.4. The highest BCUT2D eigenvalue weighted by atomic mass is 35.5. The molecule has 0 radical (unpaired) electrons. The number of hydrogen-bond acceptors (Lipinski definition) is 10. The van der Waals surface area contributed by atoms with Gasteiger partial charge in [0.2, 0.25) is 0 Å². The number of nitrogens with zero attached hydrogens (tertiary/aromatic N) is 10. The highest BCUT2D eigenvalue weighted by molar-refractivity contribution is 7.99. The zero-order valence-corrected chi connectivity index (χ0v) is 39.3. The van der Waals surface area contributed by atoms with Gasteiger partial charge in [0.25, 0.3) is 0 Å². The summed E-state index contributed by atoms with van der Waals surface area (Å²) in [5.74, 6) is 0.838. The Hall–Kier alpha value is -4.11. The molecule has 0 aliphatic heterocycles. The molecule has 320 valence electrons. The number of benzene rings is 2. The van der Waals surface area contributed by atoms with Crippen molar-refractivity contribution in [3.8, 4) is 22.9 Å². The number of aromatic nitrogens is 10. The molecule has 7 rings (SSSR count). The molecule has 4 heterocycles. The first-order valence-corrected chi connectivity index (χ1v) is 22.6. The Morgan fingerprint density at radius 2 is 1.52 bits per heavy atom. The maximum atomic E-state index is 12.1. The van der Waals surface area contributed by atoms with Crippen LogP contribution < -0.4 is 0 Å². The maximum absolute atomic E-state index is 12.1. The van der Waals surface area contributed by atoms with E-state index in [1.54, 1.807) is 6.07 Å². The fourth-order valence-electron chi connectivity index (χ4n) is 7.08. The quantitative estimate of drug-likeness (QED) is 0.0769. The predicted octanol–water partition coefficient (Wildman–Crippen LogP) is 10.8. The van der Waals surface area contributed by atoms with Crippen molar-refractivity contribution in [1.82, 2.24) is 48.7 Å². The molecular formula is C44H56Cl2N10O2S2. The van der Waals surface area contributed by atoms with Crippen molar-refractivity contribution in [1.29, 1.82) is 0 Å². The summed E-state index contributed by atoms with van der Waals surface area (Å²) in [5, 5.41) is 29.3. The Bertz CT molecular complexity index is 2420. The van der Waals surface area contributed by atoms with E-state index in [9.17, 15) is 4.79 Å². The number of aryl methyl sites for hydroxylation is 1. The second-order valence-corrected chi connectivity index (χ2v) is 19.5. The average Bonchev–Trinajstić information content (AvgIpc) is 3.98. The summed E-state index contributed by atoms with van der Waals surface area (Å²) in [4.78, 5) is 12.1. The number of ether oxygens (including phenoxy) is 1. The topological polar surface area (TPSA) is 123 Å². The first-order valence-electron chi connectivity index (χ1n) is 20.4. The molecule has 1 saturated carbocycles. The summed E-state index contributed by atoms with van der Waals surface area (Å²) in [6, 6.07) is 18.6. The van der Waals surface area contributed by atoms with Gasteiger partial charge < -0.3 is 4.74 Å². The molecule has 16 heteroatoms. The molecule has 0 bridgehead atoms. The number of hydrogen-bond donors (Lipinski definition) is 1. The molecule has 0 N–H and O–H groups in total. The van der Waals surface area contributed by atoms with Gasteiger partial charge in [0.05, 0.1) is 48.2 Å². The van der Waals surface area contributed by atoms with E-state index in [4.69, 9.17) is 38.1 Å². The van der Waals surface area contributed by atoms with Gasteiger partial charge in [-0.15, -0.1) is 15.3 Å². The number of halogens is 2. The first kappa shape index (κ1) is 45.4. The van der Waals surface area contributed by atoms with E-state index in [0.29, 0.717) is 35.8 Å². The molecule has 0 unspecified atom stereocenters. The van der Waals surface area contributed by atoms with Crippen LogP contribution in [0.4, 0.5) is 0 Å². The molecule has 1 aliphatic carbocycles. The summed E-state index contributed by atoms with van der Waals surface area (Å²) in [6.07, 6.45) is 5.84. The minimum Gasteiger partial charge on any atom is -0.465 e. The largest absolute Gasteiger partial charge is 0.465 e. The van der Waals surface area contributed by atoms with Crippen molar-refractivity contribution in [2.24, 2.45) is 0 Å². The van der Waals surface area contributed by atoms with Crippen LogP contribution in [0.1, 0.15) is 120 Å². The molecule has 0 atom stereocenters.